The molecule has 11 heteroatoms. The molecule has 0 bridgehead atoms. The number of rotatable bonds is 3. The zero-order chi connectivity index (χ0) is 17.5. The van der Waals surface area contributed by atoms with Crippen LogP contribution in [0.3, 0.4) is 0 Å². The molecule has 24 heavy (non-hydrogen) atoms. The SMILES string of the molecule is Cc1cc(S(=O)(=O)N2CCN(C(=O)C3NNC(=O)N3)CC2)c(C)s1. The molecule has 0 spiro atoms. The van der Waals surface area contributed by atoms with Gasteiger partial charge in [0.15, 0.2) is 6.17 Å². The Balaban J connectivity index is 1.65. The van der Waals surface area contributed by atoms with E-state index in [9.17, 15) is 18.0 Å². The number of sulfonamides is 1. The van der Waals surface area contributed by atoms with E-state index in [-0.39, 0.29) is 32.1 Å². The summed E-state index contributed by atoms with van der Waals surface area (Å²) >= 11 is 1.46. The number of nitrogens with one attached hydrogen (secondary N) is 3. The van der Waals surface area contributed by atoms with Crippen LogP contribution in [-0.4, -0.2) is 61.9 Å². The van der Waals surface area contributed by atoms with Gasteiger partial charge >= 0.3 is 6.03 Å². The van der Waals surface area contributed by atoms with Crippen LogP contribution in [-0.2, 0) is 14.8 Å². The molecular weight excluding hydrogens is 354 g/mol. The number of hydrazine groups is 1. The summed E-state index contributed by atoms with van der Waals surface area (Å²) < 4.78 is 26.9. The zero-order valence-electron chi connectivity index (χ0n) is 13.3. The molecule has 0 radical (unpaired) electrons. The largest absolute Gasteiger partial charge is 0.337 e. The van der Waals surface area contributed by atoms with Crippen molar-refractivity contribution in [2.24, 2.45) is 0 Å². The second-order valence-electron chi connectivity index (χ2n) is 5.68. The number of carbonyl (C=O) groups excluding carboxylic acids is 2. The van der Waals surface area contributed by atoms with Gasteiger partial charge in [0.05, 0.1) is 4.90 Å². The Labute approximate surface area is 144 Å². The van der Waals surface area contributed by atoms with Crippen molar-refractivity contribution in [1.82, 2.24) is 25.4 Å². The third-order valence-electron chi connectivity index (χ3n) is 4.02. The van der Waals surface area contributed by atoms with E-state index in [4.69, 9.17) is 0 Å². The molecule has 3 amide bonds. The predicted molar refractivity (Wildman–Crippen MR) is 87.7 cm³/mol. The van der Waals surface area contributed by atoms with E-state index in [1.54, 1.807) is 17.9 Å². The number of carbonyl (C=O) groups is 2. The van der Waals surface area contributed by atoms with Crippen molar-refractivity contribution in [3.05, 3.63) is 15.8 Å². The smallest absolute Gasteiger partial charge is 0.330 e. The fourth-order valence-electron chi connectivity index (χ4n) is 2.80. The van der Waals surface area contributed by atoms with Crippen LogP contribution in [0, 0.1) is 13.8 Å². The molecule has 0 aliphatic carbocycles. The molecule has 2 aliphatic heterocycles. The van der Waals surface area contributed by atoms with E-state index in [1.165, 1.54) is 15.6 Å². The Morgan fingerprint density at radius 3 is 2.42 bits per heavy atom. The van der Waals surface area contributed by atoms with Gasteiger partial charge in [-0.05, 0) is 19.9 Å². The lowest BCUT2D eigenvalue weighted by Gasteiger charge is -2.34. The first-order valence-corrected chi connectivity index (χ1v) is 9.72. The summed E-state index contributed by atoms with van der Waals surface area (Å²) in [6, 6.07) is 1.23. The molecule has 2 aliphatic rings. The lowest BCUT2D eigenvalue weighted by Crippen LogP contribution is -2.56. The highest BCUT2D eigenvalue weighted by Crippen LogP contribution is 2.28. The maximum Gasteiger partial charge on any atom is 0.330 e. The van der Waals surface area contributed by atoms with Gasteiger partial charge in [-0.1, -0.05) is 0 Å². The summed E-state index contributed by atoms with van der Waals surface area (Å²) in [5.74, 6) is -0.284. The van der Waals surface area contributed by atoms with Gasteiger partial charge in [0, 0.05) is 35.9 Å². The van der Waals surface area contributed by atoms with E-state index in [0.717, 1.165) is 9.75 Å². The minimum atomic E-state index is -3.54. The molecule has 1 unspecified atom stereocenters. The van der Waals surface area contributed by atoms with Crippen molar-refractivity contribution >= 4 is 33.3 Å². The highest BCUT2D eigenvalue weighted by Gasteiger charge is 2.35. The monoisotopic (exact) mass is 373 g/mol. The topological polar surface area (TPSA) is 111 Å². The van der Waals surface area contributed by atoms with Crippen molar-refractivity contribution in [2.75, 3.05) is 26.2 Å². The number of hydrogen-bond acceptors (Lipinski definition) is 6. The van der Waals surface area contributed by atoms with Gasteiger partial charge in [0.2, 0.25) is 10.0 Å². The fourth-order valence-corrected chi connectivity index (χ4v) is 5.74. The molecule has 3 heterocycles. The minimum Gasteiger partial charge on any atom is -0.337 e. The van der Waals surface area contributed by atoms with Crippen LogP contribution >= 0.6 is 11.3 Å². The Morgan fingerprint density at radius 1 is 1.25 bits per heavy atom. The van der Waals surface area contributed by atoms with E-state index >= 15 is 0 Å². The average molecular weight is 373 g/mol. The van der Waals surface area contributed by atoms with Gasteiger partial charge < -0.3 is 10.2 Å². The van der Waals surface area contributed by atoms with E-state index in [1.807, 2.05) is 6.92 Å². The van der Waals surface area contributed by atoms with Gasteiger partial charge in [-0.25, -0.2) is 18.6 Å². The van der Waals surface area contributed by atoms with E-state index < -0.39 is 22.2 Å². The van der Waals surface area contributed by atoms with Crippen LogP contribution in [0.5, 0.6) is 0 Å². The molecule has 1 atom stereocenters. The Morgan fingerprint density at radius 2 is 1.92 bits per heavy atom. The second kappa shape index (κ2) is 6.31. The van der Waals surface area contributed by atoms with E-state index in [0.29, 0.717) is 4.90 Å². The summed E-state index contributed by atoms with van der Waals surface area (Å²) in [5, 5.41) is 2.45. The molecule has 9 nitrogen and oxygen atoms in total. The van der Waals surface area contributed by atoms with Gasteiger partial charge in [-0.2, -0.15) is 4.31 Å². The first-order valence-electron chi connectivity index (χ1n) is 7.47. The van der Waals surface area contributed by atoms with Crippen LogP contribution in [0.4, 0.5) is 4.79 Å². The number of thiophene rings is 1. The maximum absolute atomic E-state index is 12.7. The Kier molecular flexibility index (Phi) is 4.51. The van der Waals surface area contributed by atoms with Crippen molar-refractivity contribution < 1.29 is 18.0 Å². The number of aryl methyl sites for hydroxylation is 2. The van der Waals surface area contributed by atoms with Crippen molar-refractivity contribution in [3.8, 4) is 0 Å². The lowest BCUT2D eigenvalue weighted by molar-refractivity contribution is -0.134. The summed E-state index contributed by atoms with van der Waals surface area (Å²) in [6.45, 7) is 4.71. The van der Waals surface area contributed by atoms with Crippen molar-refractivity contribution in [1.29, 1.82) is 0 Å². The van der Waals surface area contributed by atoms with E-state index in [2.05, 4.69) is 16.2 Å². The van der Waals surface area contributed by atoms with Crippen LogP contribution in [0.15, 0.2) is 11.0 Å². The number of hydrogen-bond donors (Lipinski definition) is 3. The van der Waals surface area contributed by atoms with Gasteiger partial charge in [0.1, 0.15) is 0 Å². The zero-order valence-corrected chi connectivity index (χ0v) is 15.0. The Bertz CT molecular complexity index is 767. The lowest BCUT2D eigenvalue weighted by atomic mass is 10.3. The quantitative estimate of drug-likeness (QED) is 0.652. The van der Waals surface area contributed by atoms with Crippen LogP contribution in [0.25, 0.3) is 0 Å². The molecule has 2 fully saturated rings. The highest BCUT2D eigenvalue weighted by atomic mass is 32.2. The van der Waals surface area contributed by atoms with Crippen LogP contribution < -0.4 is 16.2 Å². The number of amides is 3. The summed E-state index contributed by atoms with van der Waals surface area (Å²) in [5.41, 5.74) is 4.85. The first kappa shape index (κ1) is 17.1. The fraction of sp³-hybridized carbons (Fsp3) is 0.538. The average Bonchev–Trinajstić information content (AvgIpc) is 3.12. The maximum atomic E-state index is 12.7. The number of nitrogens with zero attached hydrogens (tertiary/aromatic N) is 2. The minimum absolute atomic E-state index is 0.233. The Hall–Kier alpha value is -1.69. The van der Waals surface area contributed by atoms with Gasteiger partial charge in [0.25, 0.3) is 5.91 Å². The standard InChI is InChI=1S/C13H19N5O4S2/c1-8-7-10(9(2)23-8)24(21,22)18-5-3-17(4-6-18)12(19)11-14-13(20)16-15-11/h7,11,15H,3-6H2,1-2H3,(H2,14,16,20). The van der Waals surface area contributed by atoms with Crippen molar-refractivity contribution in [2.45, 2.75) is 24.9 Å². The molecule has 3 N–H and O–H groups in total. The number of urea groups is 1. The van der Waals surface area contributed by atoms with Crippen LogP contribution in [0.2, 0.25) is 0 Å². The van der Waals surface area contributed by atoms with Gasteiger partial charge in [-0.3, -0.25) is 10.2 Å². The summed E-state index contributed by atoms with van der Waals surface area (Å²) in [7, 11) is -3.54. The predicted octanol–water partition coefficient (Wildman–Crippen LogP) is -0.659. The first-order chi connectivity index (χ1) is 11.3. The second-order valence-corrected chi connectivity index (χ2v) is 9.05. The van der Waals surface area contributed by atoms with Gasteiger partial charge in [-0.15, -0.1) is 11.3 Å². The highest BCUT2D eigenvalue weighted by molar-refractivity contribution is 7.89. The molecular formula is C13H19N5O4S2. The summed E-state index contributed by atoms with van der Waals surface area (Å²) in [4.78, 5) is 27.0. The molecule has 132 valence electrons. The van der Waals surface area contributed by atoms with Crippen molar-refractivity contribution in [3.63, 3.8) is 0 Å². The molecule has 1 aromatic heterocycles. The van der Waals surface area contributed by atoms with Crippen LogP contribution in [0.1, 0.15) is 9.75 Å². The third-order valence-corrected chi connectivity index (χ3v) is 7.14. The summed E-state index contributed by atoms with van der Waals surface area (Å²) in [6.07, 6.45) is -0.817. The molecule has 3 rings (SSSR count). The number of piperazine rings is 1. The molecule has 0 saturated carbocycles. The normalized spacial score (nSPS) is 22.3. The third kappa shape index (κ3) is 3.11. The molecule has 1 aromatic rings. The molecule has 0 aromatic carbocycles. The molecule has 2 saturated heterocycles.